The highest BCUT2D eigenvalue weighted by Crippen LogP contribution is 2.20. The van der Waals surface area contributed by atoms with Gasteiger partial charge in [0.05, 0.1) is 11.4 Å². The third-order valence-electron chi connectivity index (χ3n) is 4.63. The van der Waals surface area contributed by atoms with Gasteiger partial charge in [0, 0.05) is 6.42 Å². The second kappa shape index (κ2) is 8.83. The Balaban J connectivity index is 1.62. The molecule has 0 fully saturated rings. The molecule has 0 heterocycles. The van der Waals surface area contributed by atoms with Crippen LogP contribution in [0.5, 0.6) is 0 Å². The van der Waals surface area contributed by atoms with E-state index in [-0.39, 0.29) is 0 Å². The lowest BCUT2D eigenvalue weighted by molar-refractivity contribution is 1.25. The lowest BCUT2D eigenvalue weighted by Gasteiger charge is -2.10. The van der Waals surface area contributed by atoms with Gasteiger partial charge in [-0.25, -0.2) is 0 Å². The normalized spacial score (nSPS) is 11.2. The van der Waals surface area contributed by atoms with Gasteiger partial charge in [0.2, 0.25) is 0 Å². The summed E-state index contributed by atoms with van der Waals surface area (Å²) in [5.74, 6) is 0. The van der Waals surface area contributed by atoms with Crippen molar-refractivity contribution in [1.82, 2.24) is 0 Å². The summed E-state index contributed by atoms with van der Waals surface area (Å²) in [5, 5.41) is 4.73. The van der Waals surface area contributed by atoms with Crippen LogP contribution in [0.15, 0.2) is 120 Å². The molecule has 0 bridgehead atoms. The van der Waals surface area contributed by atoms with Crippen LogP contribution < -0.4 is 5.43 Å². The van der Waals surface area contributed by atoms with E-state index in [1.807, 2.05) is 42.5 Å². The van der Waals surface area contributed by atoms with Gasteiger partial charge in [-0.1, -0.05) is 103 Å². The summed E-state index contributed by atoms with van der Waals surface area (Å²) >= 11 is 0. The van der Waals surface area contributed by atoms with E-state index in [0.29, 0.717) is 0 Å². The molecule has 0 aliphatic carbocycles. The van der Waals surface area contributed by atoms with Gasteiger partial charge in [0.15, 0.2) is 0 Å². The molecule has 4 rings (SSSR count). The summed E-state index contributed by atoms with van der Waals surface area (Å²) in [6.07, 6.45) is 0.769. The molecule has 1 N–H and O–H groups in total. The van der Waals surface area contributed by atoms with Crippen molar-refractivity contribution >= 4 is 11.4 Å². The van der Waals surface area contributed by atoms with Crippen molar-refractivity contribution in [2.24, 2.45) is 5.10 Å². The SMILES string of the molecule is c1ccc(CC(=NNc2ccccc2)c2ccc(-c3ccccc3)cc2)cc1. The van der Waals surface area contributed by atoms with Crippen molar-refractivity contribution < 1.29 is 0 Å². The first-order valence-electron chi connectivity index (χ1n) is 9.46. The average molecular weight is 362 g/mol. The zero-order valence-corrected chi connectivity index (χ0v) is 15.6. The van der Waals surface area contributed by atoms with Gasteiger partial charge in [0.1, 0.15) is 0 Å². The predicted molar refractivity (Wildman–Crippen MR) is 119 cm³/mol. The maximum absolute atomic E-state index is 4.73. The van der Waals surface area contributed by atoms with Crippen LogP contribution in [-0.4, -0.2) is 5.71 Å². The fraction of sp³-hybridized carbons (Fsp3) is 0.0385. The molecule has 0 atom stereocenters. The Morgan fingerprint density at radius 2 is 1.11 bits per heavy atom. The highest BCUT2D eigenvalue weighted by Gasteiger charge is 2.07. The van der Waals surface area contributed by atoms with Gasteiger partial charge >= 0.3 is 0 Å². The Labute approximate surface area is 166 Å². The van der Waals surface area contributed by atoms with Crippen molar-refractivity contribution in [2.75, 3.05) is 5.43 Å². The van der Waals surface area contributed by atoms with Gasteiger partial charge in [-0.05, 0) is 34.4 Å². The smallest absolute Gasteiger partial charge is 0.0723 e. The molecule has 136 valence electrons. The van der Waals surface area contributed by atoms with E-state index < -0.39 is 0 Å². The van der Waals surface area contributed by atoms with Gasteiger partial charge in [0.25, 0.3) is 0 Å². The van der Waals surface area contributed by atoms with Gasteiger partial charge in [-0.2, -0.15) is 5.10 Å². The zero-order valence-electron chi connectivity index (χ0n) is 15.6. The molecular weight excluding hydrogens is 340 g/mol. The first-order chi connectivity index (χ1) is 13.9. The summed E-state index contributed by atoms with van der Waals surface area (Å²) < 4.78 is 0. The molecule has 0 radical (unpaired) electrons. The Morgan fingerprint density at radius 1 is 0.571 bits per heavy atom. The van der Waals surface area contributed by atoms with Crippen LogP contribution in [0.1, 0.15) is 11.1 Å². The lowest BCUT2D eigenvalue weighted by Crippen LogP contribution is -2.08. The number of nitrogens with zero attached hydrogens (tertiary/aromatic N) is 1. The summed E-state index contributed by atoms with van der Waals surface area (Å²) in [4.78, 5) is 0. The zero-order chi connectivity index (χ0) is 19.0. The van der Waals surface area contributed by atoms with Crippen LogP contribution in [0.3, 0.4) is 0 Å². The van der Waals surface area contributed by atoms with Crippen LogP contribution in [-0.2, 0) is 6.42 Å². The van der Waals surface area contributed by atoms with E-state index in [9.17, 15) is 0 Å². The molecule has 28 heavy (non-hydrogen) atoms. The highest BCUT2D eigenvalue weighted by molar-refractivity contribution is 6.02. The number of nitrogens with one attached hydrogen (secondary N) is 1. The van der Waals surface area contributed by atoms with Crippen LogP contribution >= 0.6 is 0 Å². The molecular formula is C26H22N2. The monoisotopic (exact) mass is 362 g/mol. The number of rotatable bonds is 6. The van der Waals surface area contributed by atoms with E-state index in [0.717, 1.165) is 23.4 Å². The standard InChI is InChI=1S/C26H22N2/c1-4-10-21(11-5-1)20-26(28-27-25-14-8-3-9-15-25)24-18-16-23(17-19-24)22-12-6-2-7-13-22/h1-19,27H,20H2. The van der Waals surface area contributed by atoms with E-state index in [4.69, 9.17) is 5.10 Å². The van der Waals surface area contributed by atoms with Gasteiger partial charge in [-0.15, -0.1) is 0 Å². The molecule has 4 aromatic rings. The Morgan fingerprint density at radius 3 is 1.75 bits per heavy atom. The Hall–Kier alpha value is -3.65. The predicted octanol–water partition coefficient (Wildman–Crippen LogP) is 6.41. The molecule has 2 nitrogen and oxygen atoms in total. The van der Waals surface area contributed by atoms with Gasteiger partial charge in [-0.3, -0.25) is 5.43 Å². The summed E-state index contributed by atoms with van der Waals surface area (Å²) in [7, 11) is 0. The largest absolute Gasteiger partial charge is 0.278 e. The molecule has 0 spiro atoms. The third-order valence-corrected chi connectivity index (χ3v) is 4.63. The first-order valence-corrected chi connectivity index (χ1v) is 9.46. The van der Waals surface area contributed by atoms with Crippen LogP contribution in [0.25, 0.3) is 11.1 Å². The van der Waals surface area contributed by atoms with E-state index >= 15 is 0 Å². The van der Waals surface area contributed by atoms with Crippen molar-refractivity contribution in [1.29, 1.82) is 0 Å². The second-order valence-electron chi connectivity index (χ2n) is 6.64. The summed E-state index contributed by atoms with van der Waals surface area (Å²) in [6, 6.07) is 39.5. The molecule has 0 aliphatic heterocycles. The van der Waals surface area contributed by atoms with Crippen LogP contribution in [0, 0.1) is 0 Å². The molecule has 2 heteroatoms. The average Bonchev–Trinajstić information content (AvgIpc) is 2.79. The fourth-order valence-corrected chi connectivity index (χ4v) is 3.13. The number of anilines is 1. The quantitative estimate of drug-likeness (QED) is 0.311. The van der Waals surface area contributed by atoms with Crippen LogP contribution in [0.4, 0.5) is 5.69 Å². The minimum absolute atomic E-state index is 0.769. The first kappa shape index (κ1) is 17.7. The number of hydrazone groups is 1. The maximum atomic E-state index is 4.73. The maximum Gasteiger partial charge on any atom is 0.0723 e. The Kier molecular flexibility index (Phi) is 5.60. The minimum Gasteiger partial charge on any atom is -0.278 e. The highest BCUT2D eigenvalue weighted by atomic mass is 15.3. The third kappa shape index (κ3) is 4.54. The molecule has 4 aromatic carbocycles. The number of hydrogen-bond donors (Lipinski definition) is 1. The van der Waals surface area contributed by atoms with E-state index in [1.54, 1.807) is 0 Å². The summed E-state index contributed by atoms with van der Waals surface area (Å²) in [6.45, 7) is 0. The topological polar surface area (TPSA) is 24.4 Å². The number of hydrogen-bond acceptors (Lipinski definition) is 2. The van der Waals surface area contributed by atoms with Crippen molar-refractivity contribution in [3.05, 3.63) is 126 Å². The van der Waals surface area contributed by atoms with E-state index in [1.165, 1.54) is 16.7 Å². The number of para-hydroxylation sites is 1. The molecule has 0 unspecified atom stereocenters. The summed E-state index contributed by atoms with van der Waals surface area (Å²) in [5.41, 5.74) is 9.97. The molecule has 0 aromatic heterocycles. The molecule has 0 amide bonds. The molecule has 0 aliphatic rings. The molecule has 0 saturated heterocycles. The second-order valence-corrected chi connectivity index (χ2v) is 6.64. The van der Waals surface area contributed by atoms with Crippen molar-refractivity contribution in [3.63, 3.8) is 0 Å². The fourth-order valence-electron chi connectivity index (χ4n) is 3.13. The van der Waals surface area contributed by atoms with E-state index in [2.05, 4.69) is 78.2 Å². The lowest BCUT2D eigenvalue weighted by atomic mass is 9.99. The Bertz CT molecular complexity index is 1020. The van der Waals surface area contributed by atoms with Crippen molar-refractivity contribution in [2.45, 2.75) is 6.42 Å². The molecule has 0 saturated carbocycles. The van der Waals surface area contributed by atoms with Crippen LogP contribution in [0.2, 0.25) is 0 Å². The van der Waals surface area contributed by atoms with Gasteiger partial charge < -0.3 is 0 Å². The minimum atomic E-state index is 0.769. The van der Waals surface area contributed by atoms with Crippen molar-refractivity contribution in [3.8, 4) is 11.1 Å². The number of benzene rings is 4.